The standard InChI is InChI=1S/C7H7ClF2N2O2/c1-12-3-11-6(8)5(12)7(9,10)2-4(13)14/h3H,2H2,1H3,(H,13,14). The van der Waals surface area contributed by atoms with E-state index in [1.165, 1.54) is 7.05 Å². The first-order valence-electron chi connectivity index (χ1n) is 3.61. The predicted molar refractivity (Wildman–Crippen MR) is 44.4 cm³/mol. The molecule has 0 amide bonds. The van der Waals surface area contributed by atoms with Crippen molar-refractivity contribution in [3.8, 4) is 0 Å². The van der Waals surface area contributed by atoms with Gasteiger partial charge in [0, 0.05) is 7.05 Å². The minimum atomic E-state index is -3.51. The fourth-order valence-corrected chi connectivity index (χ4v) is 1.40. The van der Waals surface area contributed by atoms with Gasteiger partial charge in [0.15, 0.2) is 5.15 Å². The molecule has 1 aromatic rings. The van der Waals surface area contributed by atoms with Crippen LogP contribution in [0.4, 0.5) is 8.78 Å². The lowest BCUT2D eigenvalue weighted by molar-refractivity contribution is -0.146. The summed E-state index contributed by atoms with van der Waals surface area (Å²) < 4.78 is 27.5. The molecule has 0 aliphatic carbocycles. The highest BCUT2D eigenvalue weighted by Crippen LogP contribution is 2.35. The minimum Gasteiger partial charge on any atom is -0.481 e. The van der Waals surface area contributed by atoms with Crippen LogP contribution in [-0.4, -0.2) is 20.6 Å². The summed E-state index contributed by atoms with van der Waals surface area (Å²) >= 11 is 5.41. The number of imidazole rings is 1. The van der Waals surface area contributed by atoms with Crippen LogP contribution >= 0.6 is 11.6 Å². The van der Waals surface area contributed by atoms with Gasteiger partial charge in [-0.2, -0.15) is 8.78 Å². The van der Waals surface area contributed by atoms with Crippen molar-refractivity contribution in [3.63, 3.8) is 0 Å². The van der Waals surface area contributed by atoms with Gasteiger partial charge in [-0.05, 0) is 0 Å². The first-order chi connectivity index (χ1) is 6.34. The van der Waals surface area contributed by atoms with Gasteiger partial charge in [-0.25, -0.2) is 4.98 Å². The lowest BCUT2D eigenvalue weighted by Crippen LogP contribution is -2.21. The average Bonchev–Trinajstić information content (AvgIpc) is 2.27. The van der Waals surface area contributed by atoms with Gasteiger partial charge in [0.2, 0.25) is 0 Å². The van der Waals surface area contributed by atoms with Crippen LogP contribution in [0.3, 0.4) is 0 Å². The fraction of sp³-hybridized carbons (Fsp3) is 0.429. The normalized spacial score (nSPS) is 11.7. The Balaban J connectivity index is 3.08. The summed E-state index contributed by atoms with van der Waals surface area (Å²) in [5, 5.41) is 7.90. The van der Waals surface area contributed by atoms with Crippen molar-refractivity contribution in [3.05, 3.63) is 17.2 Å². The molecule has 1 N–H and O–H groups in total. The van der Waals surface area contributed by atoms with Crippen LogP contribution in [0.2, 0.25) is 5.15 Å². The molecule has 0 aliphatic heterocycles. The van der Waals surface area contributed by atoms with E-state index in [2.05, 4.69) is 4.98 Å². The smallest absolute Gasteiger partial charge is 0.309 e. The molecule has 0 aromatic carbocycles. The van der Waals surface area contributed by atoms with Crippen LogP contribution in [0.5, 0.6) is 0 Å². The molecule has 0 atom stereocenters. The molecule has 78 valence electrons. The number of hydrogen-bond acceptors (Lipinski definition) is 2. The molecule has 0 fully saturated rings. The number of halogens is 3. The largest absolute Gasteiger partial charge is 0.481 e. The number of aromatic nitrogens is 2. The summed E-state index contributed by atoms with van der Waals surface area (Å²) in [7, 11) is 1.32. The van der Waals surface area contributed by atoms with Crippen molar-refractivity contribution in [1.82, 2.24) is 9.55 Å². The topological polar surface area (TPSA) is 55.1 Å². The van der Waals surface area contributed by atoms with Gasteiger partial charge < -0.3 is 9.67 Å². The molecule has 0 unspecified atom stereocenters. The Morgan fingerprint density at radius 3 is 2.71 bits per heavy atom. The Hall–Kier alpha value is -1.17. The minimum absolute atomic E-state index is 0.376. The molecule has 14 heavy (non-hydrogen) atoms. The molecule has 7 heteroatoms. The third-order valence-electron chi connectivity index (χ3n) is 1.61. The summed E-state index contributed by atoms with van der Waals surface area (Å²) in [5.74, 6) is -5.10. The van der Waals surface area contributed by atoms with Crippen LogP contribution in [0.15, 0.2) is 6.33 Å². The first kappa shape index (κ1) is 10.9. The lowest BCUT2D eigenvalue weighted by atomic mass is 10.2. The van der Waals surface area contributed by atoms with E-state index in [0.29, 0.717) is 0 Å². The van der Waals surface area contributed by atoms with E-state index in [1.54, 1.807) is 0 Å². The van der Waals surface area contributed by atoms with Crippen molar-refractivity contribution < 1.29 is 18.7 Å². The number of carbonyl (C=O) groups is 1. The number of nitrogens with zero attached hydrogens (tertiary/aromatic N) is 2. The van der Waals surface area contributed by atoms with Crippen molar-refractivity contribution >= 4 is 17.6 Å². The van der Waals surface area contributed by atoms with Crippen LogP contribution in [0.1, 0.15) is 12.1 Å². The van der Waals surface area contributed by atoms with Crippen molar-refractivity contribution in [2.75, 3.05) is 0 Å². The first-order valence-corrected chi connectivity index (χ1v) is 3.99. The van der Waals surface area contributed by atoms with Crippen molar-refractivity contribution in [2.45, 2.75) is 12.3 Å². The molecule has 1 heterocycles. The number of carboxylic acid groups (broad SMARTS) is 1. The van der Waals surface area contributed by atoms with Gasteiger partial charge in [-0.1, -0.05) is 11.6 Å². The third-order valence-corrected chi connectivity index (χ3v) is 1.89. The maximum absolute atomic E-state index is 13.2. The lowest BCUT2D eigenvalue weighted by Gasteiger charge is -2.14. The SMILES string of the molecule is Cn1cnc(Cl)c1C(F)(F)CC(=O)O. The molecule has 4 nitrogen and oxygen atoms in total. The van der Waals surface area contributed by atoms with E-state index in [1.807, 2.05) is 0 Å². The van der Waals surface area contributed by atoms with Gasteiger partial charge in [-0.15, -0.1) is 0 Å². The van der Waals surface area contributed by atoms with Gasteiger partial charge in [0.1, 0.15) is 12.1 Å². The summed E-state index contributed by atoms with van der Waals surface area (Å²) in [6, 6.07) is 0. The van der Waals surface area contributed by atoms with E-state index in [0.717, 1.165) is 10.9 Å². The van der Waals surface area contributed by atoms with E-state index in [-0.39, 0.29) is 5.15 Å². The van der Waals surface area contributed by atoms with Crippen molar-refractivity contribution in [1.29, 1.82) is 0 Å². The Bertz CT molecular complexity index is 345. The zero-order valence-corrected chi connectivity index (χ0v) is 7.92. The Labute approximate surface area is 83.1 Å². The van der Waals surface area contributed by atoms with E-state index < -0.39 is 24.0 Å². The van der Waals surface area contributed by atoms with E-state index in [4.69, 9.17) is 16.7 Å². The second kappa shape index (κ2) is 3.53. The predicted octanol–water partition coefficient (Wildman–Crippen LogP) is 1.64. The van der Waals surface area contributed by atoms with Crippen LogP contribution < -0.4 is 0 Å². The molecule has 0 saturated heterocycles. The van der Waals surface area contributed by atoms with Gasteiger partial charge >= 0.3 is 11.9 Å². The highest BCUT2D eigenvalue weighted by atomic mass is 35.5. The van der Waals surface area contributed by atoms with E-state index in [9.17, 15) is 13.6 Å². The van der Waals surface area contributed by atoms with Crippen LogP contribution in [-0.2, 0) is 17.8 Å². The number of aryl methyl sites for hydroxylation is 1. The van der Waals surface area contributed by atoms with Gasteiger partial charge in [0.25, 0.3) is 0 Å². The maximum atomic E-state index is 13.2. The fourth-order valence-electron chi connectivity index (χ4n) is 1.08. The second-order valence-electron chi connectivity index (χ2n) is 2.77. The average molecular weight is 225 g/mol. The Morgan fingerprint density at radius 2 is 2.36 bits per heavy atom. The summed E-state index contributed by atoms with van der Waals surface area (Å²) in [4.78, 5) is 13.6. The molecule has 1 aromatic heterocycles. The van der Waals surface area contributed by atoms with Crippen LogP contribution in [0, 0.1) is 0 Å². The monoisotopic (exact) mass is 224 g/mol. The molecule has 0 saturated carbocycles. The molecule has 0 spiro atoms. The maximum Gasteiger partial charge on any atom is 0.309 e. The molecule has 0 bridgehead atoms. The Kier molecular flexibility index (Phi) is 2.75. The van der Waals surface area contributed by atoms with Gasteiger partial charge in [-0.3, -0.25) is 4.79 Å². The van der Waals surface area contributed by atoms with Gasteiger partial charge in [0.05, 0.1) is 6.33 Å². The zero-order valence-electron chi connectivity index (χ0n) is 7.17. The third kappa shape index (κ3) is 2.01. The number of rotatable bonds is 3. The molecule has 0 aliphatic rings. The number of aliphatic carboxylic acids is 1. The quantitative estimate of drug-likeness (QED) is 0.849. The molecular formula is C7H7ClF2N2O2. The van der Waals surface area contributed by atoms with E-state index >= 15 is 0 Å². The number of carboxylic acids is 1. The highest BCUT2D eigenvalue weighted by molar-refractivity contribution is 6.30. The highest BCUT2D eigenvalue weighted by Gasteiger charge is 2.39. The Morgan fingerprint density at radius 1 is 1.79 bits per heavy atom. The summed E-state index contributed by atoms with van der Waals surface area (Å²) in [6.07, 6.45) is -0.195. The zero-order chi connectivity index (χ0) is 10.9. The number of alkyl halides is 2. The number of hydrogen-bond donors (Lipinski definition) is 1. The van der Waals surface area contributed by atoms with Crippen molar-refractivity contribution in [2.24, 2.45) is 7.05 Å². The molecule has 1 rings (SSSR count). The molecular weight excluding hydrogens is 218 g/mol. The molecule has 0 radical (unpaired) electrons. The summed E-state index contributed by atoms with van der Waals surface area (Å²) in [6.45, 7) is 0. The second-order valence-corrected chi connectivity index (χ2v) is 3.13. The summed E-state index contributed by atoms with van der Waals surface area (Å²) in [5.41, 5.74) is -0.582. The van der Waals surface area contributed by atoms with Crippen LogP contribution in [0.25, 0.3) is 0 Å².